The second kappa shape index (κ2) is 10.5. The van der Waals surface area contributed by atoms with Crippen LogP contribution in [0.5, 0.6) is 5.75 Å². The molecular weight excluding hydrogens is 406 g/mol. The van der Waals surface area contributed by atoms with Crippen molar-refractivity contribution in [2.75, 3.05) is 26.2 Å². The molecule has 0 radical (unpaired) electrons. The lowest BCUT2D eigenvalue weighted by Gasteiger charge is -2.21. The van der Waals surface area contributed by atoms with Crippen LogP contribution in [-0.4, -0.2) is 48.1 Å². The number of ether oxygens (including phenoxy) is 1. The number of aromatic nitrogens is 1. The molecule has 0 atom stereocenters. The van der Waals surface area contributed by atoms with Gasteiger partial charge in [-0.1, -0.05) is 30.6 Å². The Hall–Kier alpha value is -2.54. The van der Waals surface area contributed by atoms with E-state index in [0.717, 1.165) is 25.0 Å². The summed E-state index contributed by atoms with van der Waals surface area (Å²) in [5.41, 5.74) is 1.22. The van der Waals surface area contributed by atoms with Crippen molar-refractivity contribution in [2.45, 2.75) is 39.5 Å². The molecule has 0 unspecified atom stereocenters. The Labute approximate surface area is 181 Å². The molecule has 30 heavy (non-hydrogen) atoms. The van der Waals surface area contributed by atoms with Crippen molar-refractivity contribution >= 4 is 23.4 Å². The monoisotopic (exact) mass is 433 g/mol. The molecule has 0 bridgehead atoms. The fourth-order valence-electron chi connectivity index (χ4n) is 3.37. The molecule has 3 rings (SSSR count). The van der Waals surface area contributed by atoms with Crippen molar-refractivity contribution in [1.29, 1.82) is 0 Å². The molecule has 1 aliphatic heterocycles. The Kier molecular flexibility index (Phi) is 7.74. The van der Waals surface area contributed by atoms with Crippen LogP contribution in [0.15, 0.2) is 28.8 Å². The van der Waals surface area contributed by atoms with E-state index in [-0.39, 0.29) is 17.6 Å². The van der Waals surface area contributed by atoms with E-state index in [4.69, 9.17) is 20.9 Å². The first-order valence-corrected chi connectivity index (χ1v) is 10.8. The topological polar surface area (TPSA) is 84.7 Å². The number of hydrogen-bond donors (Lipinski definition) is 1. The van der Waals surface area contributed by atoms with Crippen LogP contribution in [0.3, 0.4) is 0 Å². The highest BCUT2D eigenvalue weighted by molar-refractivity contribution is 6.31. The minimum Gasteiger partial charge on any atom is -0.493 e. The average Bonchev–Trinajstić information content (AvgIpc) is 3.16. The molecule has 1 N–H and O–H groups in total. The lowest BCUT2D eigenvalue weighted by atomic mass is 10.1. The van der Waals surface area contributed by atoms with Gasteiger partial charge in [0.1, 0.15) is 5.75 Å². The van der Waals surface area contributed by atoms with Crippen LogP contribution in [0.2, 0.25) is 5.02 Å². The Morgan fingerprint density at radius 2 is 2.03 bits per heavy atom. The molecule has 2 aromatic rings. The number of nitrogens with one attached hydrogen (secondary N) is 1. The molecule has 0 spiro atoms. The van der Waals surface area contributed by atoms with E-state index in [9.17, 15) is 9.59 Å². The number of rotatable bonds is 3. The van der Waals surface area contributed by atoms with Gasteiger partial charge >= 0.3 is 0 Å². The minimum atomic E-state index is -0.209. The molecule has 0 saturated heterocycles. The molecule has 0 aliphatic carbocycles. The second-order valence-corrected chi connectivity index (χ2v) is 8.31. The third-order valence-corrected chi connectivity index (χ3v) is 5.07. The number of amides is 2. The number of nitrogens with zero attached hydrogens (tertiary/aromatic N) is 2. The highest BCUT2D eigenvalue weighted by atomic mass is 35.5. The standard InChI is InChI=1S/C22H28ClN3O4/c1-15(2)12-17-14-20(30-25-17)22(28)26-9-4-3-8-24-21(27)18-13-16(23)6-7-19(18)29-11-5-10-26/h6-7,13-15H,3-5,8-12H2,1-2H3,(H,24,27). The summed E-state index contributed by atoms with van der Waals surface area (Å²) in [6.45, 7) is 6.19. The van der Waals surface area contributed by atoms with Gasteiger partial charge in [-0.05, 0) is 49.8 Å². The summed E-state index contributed by atoms with van der Waals surface area (Å²) >= 11 is 6.04. The van der Waals surface area contributed by atoms with E-state index in [1.807, 2.05) is 0 Å². The van der Waals surface area contributed by atoms with Gasteiger partial charge in [0.2, 0.25) is 5.76 Å². The number of fused-ring (bicyclic) bond motifs is 1. The lowest BCUT2D eigenvalue weighted by molar-refractivity contribution is 0.0701. The van der Waals surface area contributed by atoms with Crippen LogP contribution in [0.4, 0.5) is 0 Å². The van der Waals surface area contributed by atoms with E-state index in [1.165, 1.54) is 0 Å². The maximum absolute atomic E-state index is 12.9. The lowest BCUT2D eigenvalue weighted by Crippen LogP contribution is -2.33. The third-order valence-electron chi connectivity index (χ3n) is 4.83. The molecule has 1 aliphatic rings. The number of benzene rings is 1. The number of hydrogen-bond acceptors (Lipinski definition) is 5. The number of carbonyl (C=O) groups is 2. The van der Waals surface area contributed by atoms with E-state index in [2.05, 4.69) is 24.3 Å². The first-order chi connectivity index (χ1) is 14.4. The quantitative estimate of drug-likeness (QED) is 0.791. The normalized spacial score (nSPS) is 16.0. The van der Waals surface area contributed by atoms with Crippen LogP contribution in [0.25, 0.3) is 0 Å². The molecular formula is C22H28ClN3O4. The molecule has 0 fully saturated rings. The van der Waals surface area contributed by atoms with Gasteiger partial charge in [0, 0.05) is 30.7 Å². The molecule has 2 amide bonds. The van der Waals surface area contributed by atoms with E-state index in [1.54, 1.807) is 29.2 Å². The van der Waals surface area contributed by atoms with Crippen LogP contribution in [0.1, 0.15) is 59.7 Å². The average molecular weight is 434 g/mol. The van der Waals surface area contributed by atoms with Gasteiger partial charge in [0.25, 0.3) is 11.8 Å². The summed E-state index contributed by atoms with van der Waals surface area (Å²) in [5, 5.41) is 7.40. The molecule has 1 aromatic heterocycles. The minimum absolute atomic E-state index is 0.163. The van der Waals surface area contributed by atoms with Gasteiger partial charge in [-0.3, -0.25) is 9.59 Å². The molecule has 7 nitrogen and oxygen atoms in total. The van der Waals surface area contributed by atoms with Gasteiger partial charge < -0.3 is 19.5 Å². The molecule has 1 aromatic carbocycles. The van der Waals surface area contributed by atoms with Crippen molar-refractivity contribution < 1.29 is 18.8 Å². The van der Waals surface area contributed by atoms with Gasteiger partial charge in [0.15, 0.2) is 0 Å². The largest absolute Gasteiger partial charge is 0.493 e. The first kappa shape index (κ1) is 22.2. The van der Waals surface area contributed by atoms with Crippen molar-refractivity contribution in [1.82, 2.24) is 15.4 Å². The highest BCUT2D eigenvalue weighted by Gasteiger charge is 2.21. The maximum atomic E-state index is 12.9. The summed E-state index contributed by atoms with van der Waals surface area (Å²) in [5.74, 6) is 0.822. The smallest absolute Gasteiger partial charge is 0.292 e. The van der Waals surface area contributed by atoms with E-state index in [0.29, 0.717) is 54.9 Å². The Balaban J connectivity index is 1.68. The summed E-state index contributed by atoms with van der Waals surface area (Å²) in [4.78, 5) is 27.2. The highest BCUT2D eigenvalue weighted by Crippen LogP contribution is 2.23. The van der Waals surface area contributed by atoms with Crippen LogP contribution < -0.4 is 10.1 Å². The molecule has 2 heterocycles. The van der Waals surface area contributed by atoms with Crippen molar-refractivity contribution in [3.8, 4) is 5.75 Å². The molecule has 0 saturated carbocycles. The summed E-state index contributed by atoms with van der Waals surface area (Å²) in [6, 6.07) is 6.74. The summed E-state index contributed by atoms with van der Waals surface area (Å²) in [6.07, 6.45) is 2.92. The van der Waals surface area contributed by atoms with Gasteiger partial charge in [0.05, 0.1) is 17.9 Å². The molecule has 162 valence electrons. The maximum Gasteiger partial charge on any atom is 0.292 e. The van der Waals surface area contributed by atoms with Crippen molar-refractivity contribution in [3.05, 3.63) is 46.3 Å². The third kappa shape index (κ3) is 5.98. The predicted molar refractivity (Wildman–Crippen MR) is 114 cm³/mol. The Morgan fingerprint density at radius 3 is 2.83 bits per heavy atom. The first-order valence-electron chi connectivity index (χ1n) is 10.4. The zero-order chi connectivity index (χ0) is 21.5. The van der Waals surface area contributed by atoms with Crippen LogP contribution in [-0.2, 0) is 6.42 Å². The van der Waals surface area contributed by atoms with Gasteiger partial charge in [-0.2, -0.15) is 0 Å². The zero-order valence-electron chi connectivity index (χ0n) is 17.4. The van der Waals surface area contributed by atoms with E-state index < -0.39 is 0 Å². The Morgan fingerprint density at radius 1 is 1.23 bits per heavy atom. The van der Waals surface area contributed by atoms with E-state index >= 15 is 0 Å². The number of carbonyl (C=O) groups excluding carboxylic acids is 2. The zero-order valence-corrected chi connectivity index (χ0v) is 18.2. The van der Waals surface area contributed by atoms with Crippen molar-refractivity contribution in [3.63, 3.8) is 0 Å². The van der Waals surface area contributed by atoms with Gasteiger partial charge in [-0.15, -0.1) is 0 Å². The Bertz CT molecular complexity index is 881. The second-order valence-electron chi connectivity index (χ2n) is 7.88. The fourth-order valence-corrected chi connectivity index (χ4v) is 3.54. The fraction of sp³-hybridized carbons (Fsp3) is 0.500. The predicted octanol–water partition coefficient (Wildman–Crippen LogP) is 3.96. The van der Waals surface area contributed by atoms with Gasteiger partial charge in [-0.25, -0.2) is 0 Å². The van der Waals surface area contributed by atoms with Crippen LogP contribution >= 0.6 is 11.6 Å². The molecule has 8 heteroatoms. The van der Waals surface area contributed by atoms with Crippen LogP contribution in [0, 0.1) is 5.92 Å². The number of halogens is 1. The van der Waals surface area contributed by atoms with Crippen molar-refractivity contribution in [2.24, 2.45) is 5.92 Å². The summed E-state index contributed by atoms with van der Waals surface area (Å²) in [7, 11) is 0. The SMILES string of the molecule is CC(C)Cc1cc(C(=O)N2CCCCNC(=O)c3cc(Cl)ccc3OCCC2)on1. The summed E-state index contributed by atoms with van der Waals surface area (Å²) < 4.78 is 11.1.